The van der Waals surface area contributed by atoms with Crippen LogP contribution in [0, 0.1) is 0 Å². The highest BCUT2D eigenvalue weighted by atomic mass is 35.5. The Bertz CT molecular complexity index is 971. The number of hydrogen-bond donors (Lipinski definition) is 2. The monoisotopic (exact) mass is 435 g/mol. The van der Waals surface area contributed by atoms with E-state index in [0.29, 0.717) is 22.3 Å². The van der Waals surface area contributed by atoms with Gasteiger partial charge in [-0.1, -0.05) is 23.7 Å². The summed E-state index contributed by atoms with van der Waals surface area (Å²) in [6.45, 7) is 6.23. The minimum absolute atomic E-state index is 0.0275. The number of carbonyl (C=O) groups excluding carboxylic acids is 1. The summed E-state index contributed by atoms with van der Waals surface area (Å²) in [5, 5.41) is 3.46. The highest BCUT2D eigenvalue weighted by molar-refractivity contribution is 7.92. The summed E-state index contributed by atoms with van der Waals surface area (Å²) in [4.78, 5) is 15.1. The number of piperidine rings is 1. The molecular formula is C21H26ClN3O3S. The lowest BCUT2D eigenvalue weighted by molar-refractivity contribution is 0.0900. The second kappa shape index (κ2) is 9.15. The third-order valence-corrected chi connectivity index (χ3v) is 6.69. The van der Waals surface area contributed by atoms with Crippen molar-refractivity contribution in [1.82, 2.24) is 10.2 Å². The van der Waals surface area contributed by atoms with Gasteiger partial charge in [0.25, 0.3) is 15.9 Å². The molecule has 1 fully saturated rings. The van der Waals surface area contributed by atoms with E-state index in [1.54, 1.807) is 30.3 Å². The van der Waals surface area contributed by atoms with Crippen LogP contribution in [0.1, 0.15) is 37.0 Å². The second-order valence-corrected chi connectivity index (χ2v) is 9.64. The van der Waals surface area contributed by atoms with E-state index in [0.717, 1.165) is 25.9 Å². The average molecular weight is 436 g/mol. The van der Waals surface area contributed by atoms with Gasteiger partial charge in [0.1, 0.15) is 0 Å². The number of amides is 1. The average Bonchev–Trinajstić information content (AvgIpc) is 2.68. The Morgan fingerprint density at radius 3 is 2.45 bits per heavy atom. The highest BCUT2D eigenvalue weighted by Gasteiger charge is 2.23. The lowest BCUT2D eigenvalue weighted by atomic mass is 10.0. The van der Waals surface area contributed by atoms with E-state index in [-0.39, 0.29) is 16.8 Å². The van der Waals surface area contributed by atoms with Crippen LogP contribution in [0.3, 0.4) is 0 Å². The number of hydrogen-bond acceptors (Lipinski definition) is 4. The molecule has 1 saturated heterocycles. The van der Waals surface area contributed by atoms with Crippen LogP contribution in [0.4, 0.5) is 5.69 Å². The first-order valence-corrected chi connectivity index (χ1v) is 11.5. The van der Waals surface area contributed by atoms with Crippen LogP contribution in [-0.2, 0) is 10.0 Å². The third kappa shape index (κ3) is 5.72. The van der Waals surface area contributed by atoms with Crippen LogP contribution in [-0.4, -0.2) is 44.4 Å². The number of halogens is 1. The number of sulfonamides is 1. The first-order valence-electron chi connectivity index (χ1n) is 9.68. The molecule has 0 aromatic heterocycles. The Hall–Kier alpha value is -2.09. The molecule has 1 aliphatic heterocycles. The van der Waals surface area contributed by atoms with Gasteiger partial charge in [-0.3, -0.25) is 9.52 Å². The Morgan fingerprint density at radius 1 is 1.10 bits per heavy atom. The van der Waals surface area contributed by atoms with E-state index in [9.17, 15) is 13.2 Å². The van der Waals surface area contributed by atoms with Crippen molar-refractivity contribution < 1.29 is 13.2 Å². The van der Waals surface area contributed by atoms with Gasteiger partial charge in [0.15, 0.2) is 0 Å². The summed E-state index contributed by atoms with van der Waals surface area (Å²) < 4.78 is 27.9. The van der Waals surface area contributed by atoms with Crippen LogP contribution in [0.25, 0.3) is 0 Å². The predicted molar refractivity (Wildman–Crippen MR) is 116 cm³/mol. The molecule has 0 unspecified atom stereocenters. The summed E-state index contributed by atoms with van der Waals surface area (Å²) in [6, 6.07) is 13.1. The van der Waals surface area contributed by atoms with E-state index in [1.165, 1.54) is 18.2 Å². The Balaban J connectivity index is 1.68. The number of nitrogens with one attached hydrogen (secondary N) is 2. The molecule has 1 heterocycles. The van der Waals surface area contributed by atoms with Gasteiger partial charge in [-0.25, -0.2) is 8.42 Å². The van der Waals surface area contributed by atoms with Crippen molar-refractivity contribution in [2.75, 3.05) is 17.8 Å². The van der Waals surface area contributed by atoms with Crippen LogP contribution in [0.15, 0.2) is 53.4 Å². The topological polar surface area (TPSA) is 78.5 Å². The maximum Gasteiger partial charge on any atom is 0.261 e. The molecule has 2 N–H and O–H groups in total. The van der Waals surface area contributed by atoms with Crippen molar-refractivity contribution in [3.8, 4) is 0 Å². The molecule has 1 amide bonds. The van der Waals surface area contributed by atoms with Gasteiger partial charge in [-0.15, -0.1) is 0 Å². The lowest BCUT2D eigenvalue weighted by Gasteiger charge is -2.34. The minimum Gasteiger partial charge on any atom is -0.349 e. The summed E-state index contributed by atoms with van der Waals surface area (Å²) in [5.41, 5.74) is 0.689. The third-order valence-electron chi connectivity index (χ3n) is 5.08. The van der Waals surface area contributed by atoms with Gasteiger partial charge in [0.05, 0.1) is 10.6 Å². The fourth-order valence-corrected chi connectivity index (χ4v) is 4.68. The summed E-state index contributed by atoms with van der Waals surface area (Å²) in [5.74, 6) is -0.257. The minimum atomic E-state index is -3.83. The summed E-state index contributed by atoms with van der Waals surface area (Å²) in [6.07, 6.45) is 1.77. The molecule has 8 heteroatoms. The predicted octanol–water partition coefficient (Wildman–Crippen LogP) is 3.74. The molecule has 0 radical (unpaired) electrons. The zero-order valence-corrected chi connectivity index (χ0v) is 18.1. The van der Waals surface area contributed by atoms with Crippen molar-refractivity contribution in [2.24, 2.45) is 0 Å². The molecule has 0 spiro atoms. The van der Waals surface area contributed by atoms with Crippen LogP contribution in [0.5, 0.6) is 0 Å². The van der Waals surface area contributed by atoms with Crippen molar-refractivity contribution in [3.63, 3.8) is 0 Å². The number of nitrogens with zero attached hydrogens (tertiary/aromatic N) is 1. The van der Waals surface area contributed by atoms with Crippen LogP contribution < -0.4 is 10.0 Å². The van der Waals surface area contributed by atoms with Crippen LogP contribution >= 0.6 is 11.6 Å². The van der Waals surface area contributed by atoms with E-state index in [2.05, 4.69) is 28.8 Å². The fourth-order valence-electron chi connectivity index (χ4n) is 3.40. The van der Waals surface area contributed by atoms with Crippen LogP contribution in [0.2, 0.25) is 5.02 Å². The number of benzene rings is 2. The summed E-state index contributed by atoms with van der Waals surface area (Å²) in [7, 11) is -3.83. The second-order valence-electron chi connectivity index (χ2n) is 7.52. The van der Waals surface area contributed by atoms with Gasteiger partial charge in [-0.05, 0) is 63.1 Å². The van der Waals surface area contributed by atoms with Crippen molar-refractivity contribution in [1.29, 1.82) is 0 Å². The van der Waals surface area contributed by atoms with Gasteiger partial charge in [-0.2, -0.15) is 0 Å². The fraction of sp³-hybridized carbons (Fsp3) is 0.381. The quantitative estimate of drug-likeness (QED) is 0.724. The normalized spacial score (nSPS) is 16.0. The molecule has 0 saturated carbocycles. The maximum atomic E-state index is 12.7. The molecule has 0 aliphatic carbocycles. The van der Waals surface area contributed by atoms with Gasteiger partial charge >= 0.3 is 0 Å². The number of likely N-dealkylation sites (tertiary alicyclic amines) is 1. The number of anilines is 1. The largest absolute Gasteiger partial charge is 0.349 e. The van der Waals surface area contributed by atoms with Gasteiger partial charge < -0.3 is 10.2 Å². The van der Waals surface area contributed by atoms with Gasteiger partial charge in [0.2, 0.25) is 0 Å². The van der Waals surface area contributed by atoms with Crippen molar-refractivity contribution in [3.05, 3.63) is 59.1 Å². The zero-order chi connectivity index (χ0) is 21.0. The van der Waals surface area contributed by atoms with E-state index < -0.39 is 10.0 Å². The standard InChI is InChI=1S/C21H26ClN3O3S/c1-15(2)25-11-9-18(10-12-25)23-21(26)16-5-3-8-20(13-16)29(27,28)24-19-7-4-6-17(22)14-19/h3-8,13-15,18,24H,9-12H2,1-2H3,(H,23,26). The molecule has 2 aromatic carbocycles. The van der Waals surface area contributed by atoms with E-state index in [4.69, 9.17) is 11.6 Å². The maximum absolute atomic E-state index is 12.7. The Morgan fingerprint density at radius 2 is 1.79 bits per heavy atom. The molecule has 6 nitrogen and oxygen atoms in total. The SMILES string of the molecule is CC(C)N1CCC(NC(=O)c2cccc(S(=O)(=O)Nc3cccc(Cl)c3)c2)CC1. The number of carbonyl (C=O) groups is 1. The van der Waals surface area contributed by atoms with E-state index in [1.807, 2.05) is 0 Å². The van der Waals surface area contributed by atoms with Crippen molar-refractivity contribution >= 4 is 33.2 Å². The zero-order valence-electron chi connectivity index (χ0n) is 16.6. The summed E-state index contributed by atoms with van der Waals surface area (Å²) >= 11 is 5.91. The van der Waals surface area contributed by atoms with Gasteiger partial charge in [0, 0.05) is 35.8 Å². The first kappa shape index (κ1) is 21.6. The Kier molecular flexibility index (Phi) is 6.82. The number of rotatable bonds is 6. The molecule has 0 atom stereocenters. The molecule has 2 aromatic rings. The lowest BCUT2D eigenvalue weighted by Crippen LogP contribution is -2.46. The molecule has 29 heavy (non-hydrogen) atoms. The Labute approximate surface area is 177 Å². The molecule has 0 bridgehead atoms. The molecular weight excluding hydrogens is 410 g/mol. The molecule has 1 aliphatic rings. The van der Waals surface area contributed by atoms with Crippen molar-refractivity contribution in [2.45, 2.75) is 43.7 Å². The molecule has 3 rings (SSSR count). The highest BCUT2D eigenvalue weighted by Crippen LogP contribution is 2.20. The smallest absolute Gasteiger partial charge is 0.261 e. The molecule has 156 valence electrons. The van der Waals surface area contributed by atoms with E-state index >= 15 is 0 Å². The first-order chi connectivity index (χ1) is 13.7.